The summed E-state index contributed by atoms with van der Waals surface area (Å²) in [6.07, 6.45) is 4.40. The number of nitrogens with one attached hydrogen (secondary N) is 1. The van der Waals surface area contributed by atoms with Crippen LogP contribution in [0.5, 0.6) is 0 Å². The summed E-state index contributed by atoms with van der Waals surface area (Å²) in [4.78, 5) is 0. The highest BCUT2D eigenvalue weighted by Crippen LogP contribution is 2.21. The van der Waals surface area contributed by atoms with E-state index in [9.17, 15) is 0 Å². The van der Waals surface area contributed by atoms with Crippen LogP contribution in [0.15, 0.2) is 36.5 Å². The summed E-state index contributed by atoms with van der Waals surface area (Å²) in [6.45, 7) is 1.09. The maximum Gasteiger partial charge on any atom is 0.100 e. The van der Waals surface area contributed by atoms with Crippen LogP contribution in [-0.4, -0.2) is 21.5 Å². The summed E-state index contributed by atoms with van der Waals surface area (Å²) < 4.78 is 1.83. The van der Waals surface area contributed by atoms with Crippen LogP contribution >= 0.6 is 0 Å². The molecule has 1 saturated heterocycles. The Balaban J connectivity index is 1.87. The summed E-state index contributed by atoms with van der Waals surface area (Å²) in [5.41, 5.74) is 2.10. The molecule has 0 spiro atoms. The molecule has 1 N–H and O–H groups in total. The standard InChI is InChI=1S/C12H14N4/c1-2-5-10(6-3-1)16-9-12(14-15-16)11-7-4-8-13-11/h1-3,5-6,9,11,13H,4,7-8H2. The Kier molecular flexibility index (Phi) is 2.42. The van der Waals surface area contributed by atoms with Gasteiger partial charge in [0.05, 0.1) is 17.9 Å². The SMILES string of the molecule is c1ccc(-n2cc(C3CCCN3)nn2)cc1. The van der Waals surface area contributed by atoms with Crippen molar-refractivity contribution in [1.82, 2.24) is 20.3 Å². The summed E-state index contributed by atoms with van der Waals surface area (Å²) >= 11 is 0. The number of nitrogens with zero attached hydrogens (tertiary/aromatic N) is 3. The number of rotatable bonds is 2. The maximum atomic E-state index is 4.23. The second-order valence-corrected chi connectivity index (χ2v) is 4.07. The minimum Gasteiger partial charge on any atom is -0.309 e. The molecule has 2 heterocycles. The van der Waals surface area contributed by atoms with Crippen LogP contribution in [0.4, 0.5) is 0 Å². The van der Waals surface area contributed by atoms with Gasteiger partial charge in [0, 0.05) is 0 Å². The molecule has 4 heteroatoms. The molecule has 1 fully saturated rings. The van der Waals surface area contributed by atoms with E-state index < -0.39 is 0 Å². The van der Waals surface area contributed by atoms with Crippen LogP contribution in [0.1, 0.15) is 24.6 Å². The van der Waals surface area contributed by atoms with Gasteiger partial charge in [-0.05, 0) is 31.5 Å². The van der Waals surface area contributed by atoms with E-state index in [-0.39, 0.29) is 0 Å². The van der Waals surface area contributed by atoms with E-state index in [2.05, 4.69) is 15.6 Å². The molecule has 1 aromatic carbocycles. The summed E-state index contributed by atoms with van der Waals surface area (Å²) in [5, 5.41) is 11.8. The number of aromatic nitrogens is 3. The lowest BCUT2D eigenvalue weighted by molar-refractivity contribution is 0.625. The lowest BCUT2D eigenvalue weighted by atomic mass is 10.2. The van der Waals surface area contributed by atoms with Gasteiger partial charge in [-0.2, -0.15) is 0 Å². The van der Waals surface area contributed by atoms with Gasteiger partial charge in [0.25, 0.3) is 0 Å². The van der Waals surface area contributed by atoms with Crippen molar-refractivity contribution in [2.24, 2.45) is 0 Å². The highest BCUT2D eigenvalue weighted by Gasteiger charge is 2.19. The Labute approximate surface area is 94.3 Å². The molecule has 0 bridgehead atoms. The first-order valence-corrected chi connectivity index (χ1v) is 5.64. The average Bonchev–Trinajstić information content (AvgIpc) is 3.01. The molecule has 1 atom stereocenters. The van der Waals surface area contributed by atoms with Crippen molar-refractivity contribution in [3.8, 4) is 5.69 Å². The molecular formula is C12H14N4. The van der Waals surface area contributed by atoms with E-state index >= 15 is 0 Å². The maximum absolute atomic E-state index is 4.23. The molecule has 1 unspecified atom stereocenters. The van der Waals surface area contributed by atoms with Crippen molar-refractivity contribution >= 4 is 0 Å². The molecule has 1 aliphatic rings. The minimum atomic E-state index is 0.387. The molecular weight excluding hydrogens is 200 g/mol. The third kappa shape index (κ3) is 1.72. The van der Waals surface area contributed by atoms with E-state index in [1.54, 1.807) is 0 Å². The molecule has 3 rings (SSSR count). The lowest BCUT2D eigenvalue weighted by Crippen LogP contribution is -2.13. The number of hydrogen-bond acceptors (Lipinski definition) is 3. The van der Waals surface area contributed by atoms with Crippen molar-refractivity contribution in [2.75, 3.05) is 6.54 Å². The summed E-state index contributed by atoms with van der Waals surface area (Å²) in [7, 11) is 0. The predicted molar refractivity (Wildman–Crippen MR) is 61.3 cm³/mol. The van der Waals surface area contributed by atoms with Crippen molar-refractivity contribution < 1.29 is 0 Å². The quantitative estimate of drug-likeness (QED) is 0.827. The van der Waals surface area contributed by atoms with E-state index in [0.717, 1.165) is 24.3 Å². The molecule has 0 aliphatic carbocycles. The first kappa shape index (κ1) is 9.54. The predicted octanol–water partition coefficient (Wildman–Crippen LogP) is 1.69. The Morgan fingerprint density at radius 2 is 2.12 bits per heavy atom. The third-order valence-corrected chi connectivity index (χ3v) is 2.95. The van der Waals surface area contributed by atoms with Crippen LogP contribution in [-0.2, 0) is 0 Å². The normalized spacial score (nSPS) is 20.1. The Morgan fingerprint density at radius 3 is 2.88 bits per heavy atom. The Hall–Kier alpha value is -1.68. The van der Waals surface area contributed by atoms with Gasteiger partial charge in [-0.1, -0.05) is 23.4 Å². The van der Waals surface area contributed by atoms with Gasteiger partial charge in [-0.25, -0.2) is 4.68 Å². The zero-order chi connectivity index (χ0) is 10.8. The van der Waals surface area contributed by atoms with E-state index in [4.69, 9.17) is 0 Å². The highest BCUT2D eigenvalue weighted by atomic mass is 15.4. The zero-order valence-electron chi connectivity index (χ0n) is 9.00. The van der Waals surface area contributed by atoms with Gasteiger partial charge in [0.1, 0.15) is 5.69 Å². The number of para-hydroxylation sites is 1. The largest absolute Gasteiger partial charge is 0.309 e. The number of benzene rings is 1. The molecule has 4 nitrogen and oxygen atoms in total. The monoisotopic (exact) mass is 214 g/mol. The topological polar surface area (TPSA) is 42.7 Å². The molecule has 0 saturated carbocycles. The molecule has 82 valence electrons. The highest BCUT2D eigenvalue weighted by molar-refractivity contribution is 5.30. The molecule has 0 radical (unpaired) electrons. The van der Waals surface area contributed by atoms with E-state index in [0.29, 0.717) is 6.04 Å². The van der Waals surface area contributed by atoms with Crippen LogP contribution in [0, 0.1) is 0 Å². The van der Waals surface area contributed by atoms with Gasteiger partial charge in [0.15, 0.2) is 0 Å². The Bertz CT molecular complexity index is 457. The van der Waals surface area contributed by atoms with Crippen LogP contribution in [0.3, 0.4) is 0 Å². The van der Waals surface area contributed by atoms with Crippen LogP contribution < -0.4 is 5.32 Å². The second kappa shape index (κ2) is 4.06. The smallest absolute Gasteiger partial charge is 0.100 e. The van der Waals surface area contributed by atoms with E-state index in [1.807, 2.05) is 41.2 Å². The molecule has 1 aliphatic heterocycles. The van der Waals surface area contributed by atoms with Gasteiger partial charge in [-0.3, -0.25) is 0 Å². The fourth-order valence-electron chi connectivity index (χ4n) is 2.08. The van der Waals surface area contributed by atoms with Gasteiger partial charge >= 0.3 is 0 Å². The molecule has 2 aromatic rings. The van der Waals surface area contributed by atoms with Gasteiger partial charge < -0.3 is 5.32 Å². The molecule has 16 heavy (non-hydrogen) atoms. The van der Waals surface area contributed by atoms with E-state index in [1.165, 1.54) is 6.42 Å². The summed E-state index contributed by atoms with van der Waals surface area (Å²) in [5.74, 6) is 0. The first-order chi connectivity index (χ1) is 7.93. The minimum absolute atomic E-state index is 0.387. The second-order valence-electron chi connectivity index (χ2n) is 4.07. The summed E-state index contributed by atoms with van der Waals surface area (Å²) in [6, 6.07) is 10.5. The van der Waals surface area contributed by atoms with Crippen LogP contribution in [0.2, 0.25) is 0 Å². The fraction of sp³-hybridized carbons (Fsp3) is 0.333. The fourth-order valence-corrected chi connectivity index (χ4v) is 2.08. The zero-order valence-corrected chi connectivity index (χ0v) is 9.00. The number of hydrogen-bond donors (Lipinski definition) is 1. The molecule has 0 amide bonds. The van der Waals surface area contributed by atoms with Crippen molar-refractivity contribution in [3.05, 3.63) is 42.2 Å². The third-order valence-electron chi connectivity index (χ3n) is 2.95. The average molecular weight is 214 g/mol. The van der Waals surface area contributed by atoms with Gasteiger partial charge in [0.2, 0.25) is 0 Å². The van der Waals surface area contributed by atoms with Crippen LogP contribution in [0.25, 0.3) is 5.69 Å². The van der Waals surface area contributed by atoms with Gasteiger partial charge in [-0.15, -0.1) is 5.10 Å². The molecule has 1 aromatic heterocycles. The Morgan fingerprint density at radius 1 is 1.25 bits per heavy atom. The van der Waals surface area contributed by atoms with Crippen molar-refractivity contribution in [2.45, 2.75) is 18.9 Å². The first-order valence-electron chi connectivity index (χ1n) is 5.64. The lowest BCUT2D eigenvalue weighted by Gasteiger charge is -2.03. The van der Waals surface area contributed by atoms with Crippen molar-refractivity contribution in [3.63, 3.8) is 0 Å². The van der Waals surface area contributed by atoms with Crippen molar-refractivity contribution in [1.29, 1.82) is 0 Å².